The van der Waals surface area contributed by atoms with E-state index in [1.807, 2.05) is 42.5 Å². The van der Waals surface area contributed by atoms with Crippen LogP contribution < -0.4 is 0 Å². The molecule has 0 saturated heterocycles. The number of nitrogens with zero attached hydrogens (tertiary/aromatic N) is 2. The maximum Gasteiger partial charge on any atom is 0.160 e. The van der Waals surface area contributed by atoms with E-state index in [1.54, 1.807) is 0 Å². The number of amidine groups is 1. The molecule has 0 bridgehead atoms. The molecule has 3 nitrogen and oxygen atoms in total. The lowest BCUT2D eigenvalue weighted by Gasteiger charge is -2.32. The van der Waals surface area contributed by atoms with Gasteiger partial charge in [-0.05, 0) is 119 Å². The molecule has 0 amide bonds. The van der Waals surface area contributed by atoms with Crippen LogP contribution in [-0.2, 0) is 5.41 Å². The summed E-state index contributed by atoms with van der Waals surface area (Å²) in [6.07, 6.45) is 0.697. The lowest BCUT2D eigenvalue weighted by Crippen LogP contribution is -2.26. The highest BCUT2D eigenvalue weighted by atomic mass is 16.3. The highest BCUT2D eigenvalue weighted by Crippen LogP contribution is 2.64. The van der Waals surface area contributed by atoms with E-state index < -0.39 is 5.41 Å². The van der Waals surface area contributed by atoms with Crippen LogP contribution in [0.4, 0.5) is 0 Å². The third kappa shape index (κ3) is 6.24. The maximum atomic E-state index is 6.31. The standard InChI is InChI=1S/C69H46N2O/c1-3-62(56-31-18-36-64-66(56)57-27-10-14-35-63(57)72-64)71-68(46-19-5-4-6-20-46)70-43(2)50-28-16-21-45-39-37-44-38-40-48(42-58(44)65(45)50)47-22-15-23-49(41-47)51-29-17-30-55-54-26-9-13-34-61(54)69(67(51)55)59-32-11-7-24-52(59)53-25-8-12-33-60(53)69/h4-42H,2-3H2,1H3. The molecule has 0 fully saturated rings. The fourth-order valence-electron chi connectivity index (χ4n) is 12.2. The molecule has 0 aliphatic heterocycles. The molecule has 338 valence electrons. The van der Waals surface area contributed by atoms with E-state index in [9.17, 15) is 0 Å². The van der Waals surface area contributed by atoms with Gasteiger partial charge in [-0.1, -0.05) is 226 Å². The lowest BCUT2D eigenvalue weighted by molar-refractivity contribution is 0.669. The first-order chi connectivity index (χ1) is 35.6. The first-order valence-corrected chi connectivity index (χ1v) is 24.9. The number of benzene rings is 11. The molecule has 3 heteroatoms. The molecule has 0 N–H and O–H groups in total. The van der Waals surface area contributed by atoms with Crippen LogP contribution >= 0.6 is 0 Å². The average Bonchev–Trinajstić information content (AvgIpc) is 4.09. The molecule has 2 aliphatic rings. The highest BCUT2D eigenvalue weighted by molar-refractivity contribution is 6.22. The smallest absolute Gasteiger partial charge is 0.160 e. The molecular weight excluding hydrogens is 873 g/mol. The summed E-state index contributed by atoms with van der Waals surface area (Å²) in [6, 6.07) is 85.6. The van der Waals surface area contributed by atoms with Gasteiger partial charge < -0.3 is 4.42 Å². The van der Waals surface area contributed by atoms with E-state index in [0.29, 0.717) is 18.0 Å². The van der Waals surface area contributed by atoms with Crippen molar-refractivity contribution in [3.8, 4) is 44.5 Å². The Hall–Kier alpha value is -9.18. The second kappa shape index (κ2) is 16.5. The van der Waals surface area contributed by atoms with Crippen molar-refractivity contribution in [1.29, 1.82) is 0 Å². The van der Waals surface area contributed by atoms with Crippen LogP contribution in [0.2, 0.25) is 0 Å². The van der Waals surface area contributed by atoms with Crippen LogP contribution in [0, 0.1) is 0 Å². The van der Waals surface area contributed by atoms with Crippen molar-refractivity contribution in [3.63, 3.8) is 0 Å². The molecule has 12 aromatic rings. The van der Waals surface area contributed by atoms with Crippen LogP contribution in [0.3, 0.4) is 0 Å². The molecule has 14 rings (SSSR count). The van der Waals surface area contributed by atoms with Crippen LogP contribution in [0.15, 0.2) is 258 Å². The maximum absolute atomic E-state index is 6.31. The van der Waals surface area contributed by atoms with Crippen LogP contribution in [0.1, 0.15) is 52.3 Å². The Morgan fingerprint density at radius 3 is 1.78 bits per heavy atom. The van der Waals surface area contributed by atoms with Gasteiger partial charge in [-0.2, -0.15) is 0 Å². The molecule has 0 atom stereocenters. The van der Waals surface area contributed by atoms with Gasteiger partial charge in [-0.25, -0.2) is 9.98 Å². The van der Waals surface area contributed by atoms with Crippen molar-refractivity contribution >= 4 is 60.7 Å². The van der Waals surface area contributed by atoms with Crippen molar-refractivity contribution in [2.45, 2.75) is 18.8 Å². The van der Waals surface area contributed by atoms with E-state index in [2.05, 4.69) is 201 Å². The minimum absolute atomic E-state index is 0.443. The summed E-state index contributed by atoms with van der Waals surface area (Å²) in [5.74, 6) is 0.610. The molecule has 1 spiro atoms. The zero-order chi connectivity index (χ0) is 47.9. The van der Waals surface area contributed by atoms with Gasteiger partial charge >= 0.3 is 0 Å². The molecule has 1 heterocycles. The van der Waals surface area contributed by atoms with Crippen LogP contribution in [0.25, 0.3) is 93.7 Å². The van der Waals surface area contributed by atoms with Gasteiger partial charge in [-0.15, -0.1) is 0 Å². The summed E-state index contributed by atoms with van der Waals surface area (Å²) in [5, 5.41) is 6.68. The fourth-order valence-corrected chi connectivity index (χ4v) is 12.2. The Morgan fingerprint density at radius 1 is 0.431 bits per heavy atom. The predicted molar refractivity (Wildman–Crippen MR) is 301 cm³/mol. The zero-order valence-electron chi connectivity index (χ0n) is 39.7. The van der Waals surface area contributed by atoms with E-state index in [1.165, 1.54) is 55.6 Å². The summed E-state index contributed by atoms with van der Waals surface area (Å²) in [7, 11) is 0. The second-order valence-electron chi connectivity index (χ2n) is 19.0. The molecule has 0 radical (unpaired) electrons. The van der Waals surface area contributed by atoms with Gasteiger partial charge in [0.05, 0.1) is 16.8 Å². The average molecular weight is 919 g/mol. The topological polar surface area (TPSA) is 37.9 Å². The predicted octanol–water partition coefficient (Wildman–Crippen LogP) is 17.9. The summed E-state index contributed by atoms with van der Waals surface area (Å²) < 4.78 is 6.31. The SMILES string of the molecule is C=C(N=C(N=C(CC)c1cccc2oc3ccccc3c12)c1ccccc1)c1cccc2ccc3ccc(-c4cccc(-c5cccc6c5C5(c7ccccc7-c7ccccc75)c5ccccc5-6)c4)cc3c12. The van der Waals surface area contributed by atoms with E-state index >= 15 is 0 Å². The van der Waals surface area contributed by atoms with Crippen molar-refractivity contribution in [2.24, 2.45) is 9.98 Å². The molecule has 11 aromatic carbocycles. The Labute approximate surface area is 418 Å². The third-order valence-electron chi connectivity index (χ3n) is 15.3. The van der Waals surface area contributed by atoms with Crippen molar-refractivity contribution in [2.75, 3.05) is 0 Å². The van der Waals surface area contributed by atoms with Crippen LogP contribution in [0.5, 0.6) is 0 Å². The molecule has 2 aliphatic carbocycles. The Balaban J connectivity index is 0.901. The minimum atomic E-state index is -0.443. The first-order valence-electron chi connectivity index (χ1n) is 24.9. The number of furan rings is 1. The summed E-state index contributed by atoms with van der Waals surface area (Å²) in [4.78, 5) is 10.8. The fraction of sp³-hybridized carbons (Fsp3) is 0.0435. The number of para-hydroxylation sites is 1. The normalized spacial score (nSPS) is 13.5. The third-order valence-corrected chi connectivity index (χ3v) is 15.3. The summed E-state index contributed by atoms with van der Waals surface area (Å²) >= 11 is 0. The first kappa shape index (κ1) is 41.8. The van der Waals surface area contributed by atoms with Crippen molar-refractivity contribution in [3.05, 3.63) is 282 Å². The zero-order valence-corrected chi connectivity index (χ0v) is 39.7. The number of hydrogen-bond acceptors (Lipinski definition) is 2. The van der Waals surface area contributed by atoms with E-state index in [0.717, 1.165) is 77.0 Å². The quantitative estimate of drug-likeness (QED) is 0.0892. The Bertz CT molecular complexity index is 4220. The van der Waals surface area contributed by atoms with Gasteiger partial charge in [-0.3, -0.25) is 0 Å². The molecular formula is C69H46N2O. The number of rotatable bonds is 7. The monoisotopic (exact) mass is 918 g/mol. The van der Waals surface area contributed by atoms with Gasteiger partial charge in [0, 0.05) is 27.5 Å². The number of fused-ring (bicyclic) bond motifs is 16. The number of hydrogen-bond donors (Lipinski definition) is 0. The largest absolute Gasteiger partial charge is 0.456 e. The van der Waals surface area contributed by atoms with Crippen LogP contribution in [-0.4, -0.2) is 11.5 Å². The summed E-state index contributed by atoms with van der Waals surface area (Å²) in [5.41, 5.74) is 21.1. The molecule has 1 aromatic heterocycles. The summed E-state index contributed by atoms with van der Waals surface area (Å²) in [6.45, 7) is 6.84. The molecule has 72 heavy (non-hydrogen) atoms. The van der Waals surface area contributed by atoms with Gasteiger partial charge in [0.25, 0.3) is 0 Å². The van der Waals surface area contributed by atoms with E-state index in [-0.39, 0.29) is 0 Å². The van der Waals surface area contributed by atoms with Gasteiger partial charge in [0.15, 0.2) is 5.84 Å². The van der Waals surface area contributed by atoms with Gasteiger partial charge in [0.2, 0.25) is 0 Å². The molecule has 0 saturated carbocycles. The lowest BCUT2D eigenvalue weighted by atomic mass is 9.68. The van der Waals surface area contributed by atoms with Crippen molar-refractivity contribution < 1.29 is 4.42 Å². The second-order valence-corrected chi connectivity index (χ2v) is 19.0. The minimum Gasteiger partial charge on any atom is -0.456 e. The van der Waals surface area contributed by atoms with E-state index in [4.69, 9.17) is 21.0 Å². The van der Waals surface area contributed by atoms with Gasteiger partial charge in [0.1, 0.15) is 11.2 Å². The Kier molecular flexibility index (Phi) is 9.56. The highest BCUT2D eigenvalue weighted by Gasteiger charge is 2.52. The Morgan fingerprint density at radius 2 is 1.00 bits per heavy atom. The molecule has 0 unspecified atom stereocenters. The van der Waals surface area contributed by atoms with Crippen molar-refractivity contribution in [1.82, 2.24) is 0 Å². The number of aliphatic imine (C=N–C) groups is 2.